The molecule has 0 unspecified atom stereocenters. The van der Waals surface area contributed by atoms with E-state index < -0.39 is 23.0 Å². The van der Waals surface area contributed by atoms with Crippen molar-refractivity contribution in [2.24, 2.45) is 5.41 Å². The molecule has 4 heteroatoms. The first kappa shape index (κ1) is 14.6. The number of carbonyl (C=O) groups is 1. The Labute approximate surface area is 106 Å². The lowest BCUT2D eigenvalue weighted by Gasteiger charge is -2.22. The van der Waals surface area contributed by atoms with E-state index in [0.717, 1.165) is 31.0 Å². The van der Waals surface area contributed by atoms with Crippen molar-refractivity contribution in [3.63, 3.8) is 0 Å². The number of hydrogen-bond acceptors (Lipinski definition) is 2. The second kappa shape index (κ2) is 5.94. The molecule has 0 heterocycles. The van der Waals surface area contributed by atoms with Gasteiger partial charge in [0, 0.05) is 18.2 Å². The van der Waals surface area contributed by atoms with Crippen molar-refractivity contribution in [3.05, 3.63) is 29.8 Å². The highest BCUT2D eigenvalue weighted by atomic mass is 19.1. The number of hydrogen-bond donors (Lipinski definition) is 0. The molecule has 18 heavy (non-hydrogen) atoms. The topological polar surface area (TPSA) is 26.3 Å². The summed E-state index contributed by atoms with van der Waals surface area (Å²) in [6.45, 7) is 5.56. The summed E-state index contributed by atoms with van der Waals surface area (Å²) < 4.78 is 30.9. The summed E-state index contributed by atoms with van der Waals surface area (Å²) in [5, 5.41) is 0. The van der Waals surface area contributed by atoms with Crippen LogP contribution in [0.15, 0.2) is 18.2 Å². The Balaban J connectivity index is 2.74. The number of esters is 1. The van der Waals surface area contributed by atoms with Gasteiger partial charge in [-0.1, -0.05) is 19.8 Å². The van der Waals surface area contributed by atoms with E-state index in [4.69, 9.17) is 4.74 Å². The van der Waals surface area contributed by atoms with Crippen LogP contribution in [0, 0.1) is 17.0 Å². The van der Waals surface area contributed by atoms with Crippen LogP contribution in [0.3, 0.4) is 0 Å². The van der Waals surface area contributed by atoms with Crippen molar-refractivity contribution in [2.45, 2.75) is 40.0 Å². The molecule has 1 aromatic rings. The third kappa shape index (κ3) is 4.09. The summed E-state index contributed by atoms with van der Waals surface area (Å²) in [4.78, 5) is 11.9. The second-order valence-electron chi connectivity index (χ2n) is 4.98. The van der Waals surface area contributed by atoms with Gasteiger partial charge in [0.1, 0.15) is 17.4 Å². The Bertz CT molecular complexity index is 408. The summed E-state index contributed by atoms with van der Waals surface area (Å²) in [5.41, 5.74) is -0.654. The molecular weight excluding hydrogens is 238 g/mol. The molecule has 1 rings (SSSR count). The monoisotopic (exact) mass is 256 g/mol. The van der Waals surface area contributed by atoms with E-state index in [1.165, 1.54) is 0 Å². The van der Waals surface area contributed by atoms with Crippen LogP contribution in [-0.2, 0) is 4.79 Å². The maximum atomic E-state index is 12.9. The van der Waals surface area contributed by atoms with E-state index in [2.05, 4.69) is 0 Å². The quantitative estimate of drug-likeness (QED) is 0.586. The standard InChI is InChI=1S/C14H18F2O2/c1-4-5-6-14(2,3)13(17)18-12-8-10(15)7-11(16)9-12/h7-9H,4-6H2,1-3H3. The van der Waals surface area contributed by atoms with E-state index in [-0.39, 0.29) is 5.75 Å². The molecular formula is C14H18F2O2. The molecule has 0 amide bonds. The average Bonchev–Trinajstić information content (AvgIpc) is 2.24. The molecule has 2 nitrogen and oxygen atoms in total. The van der Waals surface area contributed by atoms with Gasteiger partial charge < -0.3 is 4.74 Å². The zero-order valence-corrected chi connectivity index (χ0v) is 10.9. The molecule has 0 spiro atoms. The Hall–Kier alpha value is -1.45. The van der Waals surface area contributed by atoms with Crippen LogP contribution < -0.4 is 4.74 Å². The van der Waals surface area contributed by atoms with E-state index in [9.17, 15) is 13.6 Å². The predicted octanol–water partition coefficient (Wildman–Crippen LogP) is 4.09. The van der Waals surface area contributed by atoms with Gasteiger partial charge in [0.25, 0.3) is 0 Å². The second-order valence-corrected chi connectivity index (χ2v) is 4.98. The first-order valence-corrected chi connectivity index (χ1v) is 6.03. The summed E-state index contributed by atoms with van der Waals surface area (Å²) in [7, 11) is 0. The average molecular weight is 256 g/mol. The molecule has 0 aromatic heterocycles. The number of carbonyl (C=O) groups excluding carboxylic acids is 1. The van der Waals surface area contributed by atoms with Gasteiger partial charge in [-0.3, -0.25) is 4.79 Å². The smallest absolute Gasteiger partial charge is 0.316 e. The van der Waals surface area contributed by atoms with Gasteiger partial charge in [0.15, 0.2) is 0 Å². The van der Waals surface area contributed by atoms with Crippen molar-refractivity contribution in [1.29, 1.82) is 0 Å². The maximum Gasteiger partial charge on any atom is 0.316 e. The van der Waals surface area contributed by atoms with Crippen molar-refractivity contribution in [1.82, 2.24) is 0 Å². The molecule has 1 aromatic carbocycles. The molecule has 0 saturated heterocycles. The van der Waals surface area contributed by atoms with E-state index >= 15 is 0 Å². The number of halogens is 2. The third-order valence-electron chi connectivity index (χ3n) is 2.75. The lowest BCUT2D eigenvalue weighted by molar-refractivity contribution is -0.144. The van der Waals surface area contributed by atoms with Crippen molar-refractivity contribution in [3.8, 4) is 5.75 Å². The van der Waals surface area contributed by atoms with Gasteiger partial charge in [-0.25, -0.2) is 8.78 Å². The number of benzene rings is 1. The van der Waals surface area contributed by atoms with Gasteiger partial charge in [0.05, 0.1) is 5.41 Å². The molecule has 0 fully saturated rings. The fraction of sp³-hybridized carbons (Fsp3) is 0.500. The van der Waals surface area contributed by atoms with Gasteiger partial charge in [-0.05, 0) is 20.3 Å². The van der Waals surface area contributed by atoms with Crippen LogP contribution in [-0.4, -0.2) is 5.97 Å². The summed E-state index contributed by atoms with van der Waals surface area (Å²) in [6.07, 6.45) is 2.56. The number of unbranched alkanes of at least 4 members (excludes halogenated alkanes) is 1. The van der Waals surface area contributed by atoms with Gasteiger partial charge in [-0.15, -0.1) is 0 Å². The normalized spacial score (nSPS) is 11.4. The molecule has 100 valence electrons. The van der Waals surface area contributed by atoms with Crippen molar-refractivity contribution >= 4 is 5.97 Å². The molecule has 0 saturated carbocycles. The minimum absolute atomic E-state index is 0.0953. The maximum absolute atomic E-state index is 12.9. The summed E-state index contributed by atoms with van der Waals surface area (Å²) in [6, 6.07) is 2.73. The minimum Gasteiger partial charge on any atom is -0.426 e. The summed E-state index contributed by atoms with van der Waals surface area (Å²) >= 11 is 0. The molecule has 0 aliphatic heterocycles. The number of rotatable bonds is 5. The fourth-order valence-corrected chi connectivity index (χ4v) is 1.55. The lowest BCUT2D eigenvalue weighted by atomic mass is 9.87. The molecule has 0 aliphatic carbocycles. The SMILES string of the molecule is CCCCC(C)(C)C(=O)Oc1cc(F)cc(F)c1. The Morgan fingerprint density at radius 2 is 1.78 bits per heavy atom. The first-order chi connectivity index (χ1) is 8.35. The Morgan fingerprint density at radius 1 is 1.22 bits per heavy atom. The highest BCUT2D eigenvalue weighted by Gasteiger charge is 2.29. The highest BCUT2D eigenvalue weighted by Crippen LogP contribution is 2.26. The molecule has 0 aliphatic rings. The van der Waals surface area contributed by atoms with Crippen LogP contribution in [0.2, 0.25) is 0 Å². The zero-order chi connectivity index (χ0) is 13.8. The van der Waals surface area contributed by atoms with E-state index in [0.29, 0.717) is 6.42 Å². The molecule has 0 bridgehead atoms. The first-order valence-electron chi connectivity index (χ1n) is 6.03. The van der Waals surface area contributed by atoms with Crippen LogP contribution in [0.1, 0.15) is 40.0 Å². The van der Waals surface area contributed by atoms with E-state index in [1.807, 2.05) is 6.92 Å². The van der Waals surface area contributed by atoms with E-state index in [1.54, 1.807) is 13.8 Å². The summed E-state index contributed by atoms with van der Waals surface area (Å²) in [5.74, 6) is -2.09. The molecule has 0 atom stereocenters. The van der Waals surface area contributed by atoms with Crippen LogP contribution in [0.4, 0.5) is 8.78 Å². The minimum atomic E-state index is -0.760. The predicted molar refractivity (Wildman–Crippen MR) is 65.3 cm³/mol. The largest absolute Gasteiger partial charge is 0.426 e. The number of ether oxygens (including phenoxy) is 1. The molecule has 0 N–H and O–H groups in total. The van der Waals surface area contributed by atoms with Gasteiger partial charge in [-0.2, -0.15) is 0 Å². The molecule has 0 radical (unpaired) electrons. The van der Waals surface area contributed by atoms with Gasteiger partial charge >= 0.3 is 5.97 Å². The van der Waals surface area contributed by atoms with Crippen molar-refractivity contribution < 1.29 is 18.3 Å². The highest BCUT2D eigenvalue weighted by molar-refractivity contribution is 5.78. The van der Waals surface area contributed by atoms with Crippen LogP contribution in [0.5, 0.6) is 5.75 Å². The Kier molecular flexibility index (Phi) is 4.82. The van der Waals surface area contributed by atoms with Crippen LogP contribution in [0.25, 0.3) is 0 Å². The lowest BCUT2D eigenvalue weighted by Crippen LogP contribution is -2.29. The van der Waals surface area contributed by atoms with Crippen LogP contribution >= 0.6 is 0 Å². The van der Waals surface area contributed by atoms with Gasteiger partial charge in [0.2, 0.25) is 0 Å². The zero-order valence-electron chi connectivity index (χ0n) is 10.9. The third-order valence-corrected chi connectivity index (χ3v) is 2.75. The van der Waals surface area contributed by atoms with Crippen molar-refractivity contribution in [2.75, 3.05) is 0 Å². The fourth-order valence-electron chi connectivity index (χ4n) is 1.55. The Morgan fingerprint density at radius 3 is 2.28 bits per heavy atom.